The van der Waals surface area contributed by atoms with E-state index in [4.69, 9.17) is 15.9 Å². The largest absolute Gasteiger partial charge is 0.481 e. The van der Waals surface area contributed by atoms with Gasteiger partial charge in [0.05, 0.1) is 12.5 Å². The van der Waals surface area contributed by atoms with Crippen molar-refractivity contribution in [1.82, 2.24) is 20.5 Å². The monoisotopic (exact) mass is 473 g/mol. The normalized spacial score (nSPS) is 17.2. The van der Waals surface area contributed by atoms with Crippen LogP contribution in [0.4, 0.5) is 0 Å². The van der Waals surface area contributed by atoms with Crippen LogP contribution in [0.25, 0.3) is 10.9 Å². The number of aliphatic carboxylic acids is 2. The van der Waals surface area contributed by atoms with Crippen LogP contribution in [-0.4, -0.2) is 81.0 Å². The van der Waals surface area contributed by atoms with E-state index in [-0.39, 0.29) is 13.0 Å². The number of likely N-dealkylation sites (tertiary alicyclic amines) is 1. The molecule has 0 aliphatic carbocycles. The number of nitrogens with one attached hydrogen (secondary N) is 3. The van der Waals surface area contributed by atoms with Gasteiger partial charge in [0.1, 0.15) is 18.6 Å². The van der Waals surface area contributed by atoms with Gasteiger partial charge in [-0.05, 0) is 24.5 Å². The Morgan fingerprint density at radius 1 is 1.15 bits per heavy atom. The van der Waals surface area contributed by atoms with Gasteiger partial charge in [-0.25, -0.2) is 0 Å². The van der Waals surface area contributed by atoms with Crippen molar-refractivity contribution in [3.05, 3.63) is 36.0 Å². The van der Waals surface area contributed by atoms with Crippen molar-refractivity contribution in [2.75, 3.05) is 13.1 Å². The van der Waals surface area contributed by atoms with Crippen molar-refractivity contribution in [3.63, 3.8) is 0 Å². The molecule has 3 atom stereocenters. The number of H-pyrrole nitrogens is 1. The molecule has 2 heterocycles. The second kappa shape index (κ2) is 10.8. The topological polar surface area (TPSA) is 195 Å². The second-order valence-corrected chi connectivity index (χ2v) is 8.13. The van der Waals surface area contributed by atoms with E-state index in [0.29, 0.717) is 12.8 Å². The number of carboxylic acid groups (broad SMARTS) is 2. The van der Waals surface area contributed by atoms with Crippen LogP contribution >= 0.6 is 0 Å². The van der Waals surface area contributed by atoms with Crippen LogP contribution in [-0.2, 0) is 30.4 Å². The van der Waals surface area contributed by atoms with Gasteiger partial charge in [0.15, 0.2) is 0 Å². The summed E-state index contributed by atoms with van der Waals surface area (Å²) in [6, 6.07) is 4.10. The van der Waals surface area contributed by atoms with Crippen LogP contribution in [0.15, 0.2) is 30.5 Å². The molecular weight excluding hydrogens is 446 g/mol. The van der Waals surface area contributed by atoms with E-state index in [1.165, 1.54) is 4.90 Å². The fourth-order valence-corrected chi connectivity index (χ4v) is 4.08. The molecule has 3 amide bonds. The molecule has 7 N–H and O–H groups in total. The quantitative estimate of drug-likeness (QED) is 0.258. The number of carboxylic acids is 2. The molecule has 3 unspecified atom stereocenters. The Labute approximate surface area is 194 Å². The first kappa shape index (κ1) is 24.7. The van der Waals surface area contributed by atoms with Crippen molar-refractivity contribution >= 4 is 40.6 Å². The Kier molecular flexibility index (Phi) is 7.84. The van der Waals surface area contributed by atoms with Gasteiger partial charge in [-0.1, -0.05) is 18.2 Å². The van der Waals surface area contributed by atoms with Gasteiger partial charge < -0.3 is 36.5 Å². The van der Waals surface area contributed by atoms with Gasteiger partial charge >= 0.3 is 11.9 Å². The number of hydrogen-bond donors (Lipinski definition) is 6. The molecule has 1 aliphatic heterocycles. The number of para-hydroxylation sites is 1. The van der Waals surface area contributed by atoms with Gasteiger partial charge in [-0.3, -0.25) is 24.0 Å². The van der Waals surface area contributed by atoms with Crippen LogP contribution in [0.3, 0.4) is 0 Å². The minimum Gasteiger partial charge on any atom is -0.481 e. The summed E-state index contributed by atoms with van der Waals surface area (Å²) in [5.41, 5.74) is 7.28. The summed E-state index contributed by atoms with van der Waals surface area (Å²) >= 11 is 0. The van der Waals surface area contributed by atoms with Crippen molar-refractivity contribution in [3.8, 4) is 0 Å². The lowest BCUT2D eigenvalue weighted by atomic mass is 10.0. The molecular formula is C22H27N5O7. The van der Waals surface area contributed by atoms with E-state index < -0.39 is 60.8 Å². The third-order valence-electron chi connectivity index (χ3n) is 5.70. The maximum atomic E-state index is 13.1. The fraction of sp³-hybridized carbons (Fsp3) is 0.409. The molecule has 3 rings (SSSR count). The minimum atomic E-state index is -1.29. The molecule has 1 aliphatic rings. The molecule has 0 radical (unpaired) electrons. The number of hydrogen-bond acceptors (Lipinski definition) is 6. The number of carbonyl (C=O) groups excluding carboxylic acids is 3. The number of fused-ring (bicyclic) bond motifs is 1. The number of amides is 3. The molecule has 1 aromatic carbocycles. The minimum absolute atomic E-state index is 0.0837. The van der Waals surface area contributed by atoms with Crippen molar-refractivity contribution in [1.29, 1.82) is 0 Å². The molecule has 0 saturated carbocycles. The number of nitrogens with zero attached hydrogens (tertiary/aromatic N) is 1. The van der Waals surface area contributed by atoms with Crippen molar-refractivity contribution < 1.29 is 34.2 Å². The predicted molar refractivity (Wildman–Crippen MR) is 120 cm³/mol. The lowest BCUT2D eigenvalue weighted by Crippen LogP contribution is -2.56. The average Bonchev–Trinajstić information content (AvgIpc) is 3.43. The van der Waals surface area contributed by atoms with Gasteiger partial charge in [0.25, 0.3) is 0 Å². The van der Waals surface area contributed by atoms with E-state index in [1.807, 2.05) is 24.3 Å². The molecule has 0 spiro atoms. The third kappa shape index (κ3) is 5.90. The highest BCUT2D eigenvalue weighted by molar-refractivity contribution is 5.95. The highest BCUT2D eigenvalue weighted by Gasteiger charge is 2.38. The Morgan fingerprint density at radius 2 is 1.88 bits per heavy atom. The lowest BCUT2D eigenvalue weighted by molar-refractivity contribution is -0.144. The number of aromatic amines is 1. The average molecular weight is 473 g/mol. The molecule has 2 aromatic rings. The molecule has 1 fully saturated rings. The Balaban J connectivity index is 1.77. The van der Waals surface area contributed by atoms with Gasteiger partial charge in [-0.2, -0.15) is 0 Å². The summed E-state index contributed by atoms with van der Waals surface area (Å²) < 4.78 is 0. The molecule has 1 aromatic heterocycles. The Bertz CT molecular complexity index is 1100. The van der Waals surface area contributed by atoms with Crippen LogP contribution in [0.1, 0.15) is 24.8 Å². The molecule has 182 valence electrons. The van der Waals surface area contributed by atoms with Gasteiger partial charge in [-0.15, -0.1) is 0 Å². The van der Waals surface area contributed by atoms with Crippen LogP contribution in [0.5, 0.6) is 0 Å². The van der Waals surface area contributed by atoms with E-state index in [9.17, 15) is 24.0 Å². The van der Waals surface area contributed by atoms with E-state index in [1.54, 1.807) is 6.20 Å². The first-order valence-electron chi connectivity index (χ1n) is 10.8. The first-order chi connectivity index (χ1) is 16.2. The standard InChI is InChI=1S/C22H27N5O7/c23-14(9-18(28)29)22(34)27-7-3-6-17(27)21(33)26-16(20(32)25-11-19(30)31)8-12-10-24-15-5-2-1-4-13(12)15/h1-2,4-5,10,14,16-17,24H,3,6-9,11,23H2,(H,25,32)(H,26,33)(H,28,29)(H,30,31). The summed E-state index contributed by atoms with van der Waals surface area (Å²) in [5, 5.41) is 23.6. The molecule has 34 heavy (non-hydrogen) atoms. The van der Waals surface area contributed by atoms with Crippen LogP contribution in [0.2, 0.25) is 0 Å². The summed E-state index contributed by atoms with van der Waals surface area (Å²) in [6.07, 6.45) is 2.07. The molecule has 12 nitrogen and oxygen atoms in total. The van der Waals surface area contributed by atoms with Crippen LogP contribution in [0, 0.1) is 0 Å². The lowest BCUT2D eigenvalue weighted by Gasteiger charge is -2.28. The number of nitrogens with two attached hydrogens (primary N) is 1. The van der Waals surface area contributed by atoms with Gasteiger partial charge in [0.2, 0.25) is 17.7 Å². The number of carbonyl (C=O) groups is 5. The summed E-state index contributed by atoms with van der Waals surface area (Å²) in [4.78, 5) is 64.6. The van der Waals surface area contributed by atoms with Gasteiger partial charge in [0, 0.05) is 30.1 Å². The Hall–Kier alpha value is -3.93. The summed E-state index contributed by atoms with van der Waals surface area (Å²) in [5.74, 6) is -4.38. The van der Waals surface area contributed by atoms with Crippen molar-refractivity contribution in [2.24, 2.45) is 5.73 Å². The van der Waals surface area contributed by atoms with E-state index >= 15 is 0 Å². The number of rotatable bonds is 10. The maximum absolute atomic E-state index is 13.1. The fourth-order valence-electron chi connectivity index (χ4n) is 4.08. The molecule has 0 bridgehead atoms. The second-order valence-electron chi connectivity index (χ2n) is 8.13. The zero-order chi connectivity index (χ0) is 24.8. The Morgan fingerprint density at radius 3 is 2.59 bits per heavy atom. The zero-order valence-electron chi connectivity index (χ0n) is 18.3. The highest BCUT2D eigenvalue weighted by atomic mass is 16.4. The molecule has 1 saturated heterocycles. The first-order valence-corrected chi connectivity index (χ1v) is 10.8. The summed E-state index contributed by atoms with van der Waals surface area (Å²) in [7, 11) is 0. The highest BCUT2D eigenvalue weighted by Crippen LogP contribution is 2.21. The predicted octanol–water partition coefficient (Wildman–Crippen LogP) is -0.811. The summed E-state index contributed by atoms with van der Waals surface area (Å²) in [6.45, 7) is -0.375. The molecule has 12 heteroatoms. The van der Waals surface area contributed by atoms with E-state index in [2.05, 4.69) is 15.6 Å². The number of benzene rings is 1. The SMILES string of the molecule is NC(CC(=O)O)C(=O)N1CCCC1C(=O)NC(Cc1c[nH]c2ccccc12)C(=O)NCC(=O)O. The van der Waals surface area contributed by atoms with E-state index in [0.717, 1.165) is 16.5 Å². The van der Waals surface area contributed by atoms with Crippen LogP contribution < -0.4 is 16.4 Å². The number of aromatic nitrogens is 1. The van der Waals surface area contributed by atoms with Crippen molar-refractivity contribution in [2.45, 2.75) is 43.8 Å². The zero-order valence-corrected chi connectivity index (χ0v) is 18.3. The smallest absolute Gasteiger partial charge is 0.322 e. The maximum Gasteiger partial charge on any atom is 0.322 e. The third-order valence-corrected chi connectivity index (χ3v) is 5.70.